The van der Waals surface area contributed by atoms with Crippen molar-refractivity contribution in [2.45, 2.75) is 37.9 Å². The van der Waals surface area contributed by atoms with Crippen LogP contribution in [0.2, 0.25) is 0 Å². The molecule has 2 atom stereocenters. The predicted molar refractivity (Wildman–Crippen MR) is 67.9 cm³/mol. The first kappa shape index (κ1) is 14.1. The molecule has 0 aliphatic carbocycles. The summed E-state index contributed by atoms with van der Waals surface area (Å²) in [6.45, 7) is 2.02. The maximum absolute atomic E-state index is 12.2. The number of ether oxygens (including phenoxy) is 2. The van der Waals surface area contributed by atoms with Gasteiger partial charge in [-0.1, -0.05) is 5.16 Å². The van der Waals surface area contributed by atoms with Crippen LogP contribution in [0.15, 0.2) is 5.16 Å². The van der Waals surface area contributed by atoms with E-state index in [0.29, 0.717) is 26.1 Å². The summed E-state index contributed by atoms with van der Waals surface area (Å²) < 4.78 is 10.9. The summed E-state index contributed by atoms with van der Waals surface area (Å²) in [6.07, 6.45) is 3.06. The number of morpholine rings is 1. The lowest BCUT2D eigenvalue weighted by Crippen LogP contribution is -2.51. The predicted octanol–water partition coefficient (Wildman–Crippen LogP) is -0.0806. The zero-order valence-electron chi connectivity index (χ0n) is 11.0. The number of amides is 1. The number of nitrogens with zero attached hydrogens (tertiary/aromatic N) is 2. The molecule has 2 saturated heterocycles. The van der Waals surface area contributed by atoms with Gasteiger partial charge in [0.1, 0.15) is 6.10 Å². The summed E-state index contributed by atoms with van der Waals surface area (Å²) in [5, 5.41) is 11.6. The molecule has 0 aromatic heterocycles. The SMILES string of the molecule is NC(=NO)C1CN(C(=O)CC2CCCCO2)CCO1. The Balaban J connectivity index is 1.84. The molecule has 2 aliphatic heterocycles. The van der Waals surface area contributed by atoms with Gasteiger partial charge in [-0.3, -0.25) is 4.79 Å². The van der Waals surface area contributed by atoms with Crippen molar-refractivity contribution in [1.29, 1.82) is 0 Å². The summed E-state index contributed by atoms with van der Waals surface area (Å²) in [4.78, 5) is 13.9. The fourth-order valence-corrected chi connectivity index (χ4v) is 2.41. The smallest absolute Gasteiger partial charge is 0.225 e. The Morgan fingerprint density at radius 1 is 1.37 bits per heavy atom. The van der Waals surface area contributed by atoms with Gasteiger partial charge in [0, 0.05) is 13.2 Å². The fraction of sp³-hybridized carbons (Fsp3) is 0.833. The van der Waals surface area contributed by atoms with Gasteiger partial charge in [-0.2, -0.15) is 0 Å². The molecular formula is C12H21N3O4. The molecule has 7 nitrogen and oxygen atoms in total. The highest BCUT2D eigenvalue weighted by molar-refractivity contribution is 5.85. The van der Waals surface area contributed by atoms with Gasteiger partial charge in [0.25, 0.3) is 0 Å². The average molecular weight is 271 g/mol. The molecule has 2 unspecified atom stereocenters. The lowest BCUT2D eigenvalue weighted by Gasteiger charge is -2.33. The van der Waals surface area contributed by atoms with Crippen molar-refractivity contribution in [3.8, 4) is 0 Å². The Kier molecular flexibility index (Phi) is 4.98. The van der Waals surface area contributed by atoms with Crippen molar-refractivity contribution in [1.82, 2.24) is 4.90 Å². The minimum absolute atomic E-state index is 0.00594. The van der Waals surface area contributed by atoms with E-state index >= 15 is 0 Å². The van der Waals surface area contributed by atoms with E-state index in [2.05, 4.69) is 5.16 Å². The molecule has 3 N–H and O–H groups in total. The molecule has 0 bridgehead atoms. The van der Waals surface area contributed by atoms with Crippen LogP contribution in [0.4, 0.5) is 0 Å². The van der Waals surface area contributed by atoms with Crippen molar-refractivity contribution in [3.05, 3.63) is 0 Å². The Morgan fingerprint density at radius 2 is 2.21 bits per heavy atom. The lowest BCUT2D eigenvalue weighted by atomic mass is 10.1. The summed E-state index contributed by atoms with van der Waals surface area (Å²) in [7, 11) is 0. The second-order valence-electron chi connectivity index (χ2n) is 4.92. The van der Waals surface area contributed by atoms with Gasteiger partial charge in [0.15, 0.2) is 5.84 Å². The molecule has 7 heteroatoms. The number of amidine groups is 1. The van der Waals surface area contributed by atoms with Crippen LogP contribution in [-0.2, 0) is 14.3 Å². The van der Waals surface area contributed by atoms with Crippen LogP contribution in [0, 0.1) is 0 Å². The van der Waals surface area contributed by atoms with E-state index in [1.165, 1.54) is 0 Å². The second kappa shape index (κ2) is 6.72. The van der Waals surface area contributed by atoms with Crippen LogP contribution < -0.4 is 5.73 Å². The molecule has 0 spiro atoms. The topological polar surface area (TPSA) is 97.4 Å². The van der Waals surface area contributed by atoms with E-state index in [0.717, 1.165) is 25.9 Å². The highest BCUT2D eigenvalue weighted by Crippen LogP contribution is 2.17. The van der Waals surface area contributed by atoms with Crippen LogP contribution in [0.1, 0.15) is 25.7 Å². The van der Waals surface area contributed by atoms with E-state index in [1.54, 1.807) is 4.90 Å². The zero-order chi connectivity index (χ0) is 13.7. The van der Waals surface area contributed by atoms with Gasteiger partial charge in [-0.15, -0.1) is 0 Å². The summed E-state index contributed by atoms with van der Waals surface area (Å²) >= 11 is 0. The highest BCUT2D eigenvalue weighted by Gasteiger charge is 2.28. The van der Waals surface area contributed by atoms with Crippen molar-refractivity contribution < 1.29 is 19.5 Å². The maximum Gasteiger partial charge on any atom is 0.225 e. The highest BCUT2D eigenvalue weighted by atomic mass is 16.5. The number of oxime groups is 1. The normalized spacial score (nSPS) is 29.3. The second-order valence-corrected chi connectivity index (χ2v) is 4.92. The number of hydrogen-bond donors (Lipinski definition) is 2. The molecule has 0 aromatic rings. The van der Waals surface area contributed by atoms with Gasteiger partial charge < -0.3 is 25.3 Å². The van der Waals surface area contributed by atoms with E-state index in [4.69, 9.17) is 20.4 Å². The average Bonchev–Trinajstić information content (AvgIpc) is 2.47. The van der Waals surface area contributed by atoms with E-state index in [1.807, 2.05) is 0 Å². The van der Waals surface area contributed by atoms with E-state index in [9.17, 15) is 4.79 Å². The molecule has 19 heavy (non-hydrogen) atoms. The zero-order valence-corrected chi connectivity index (χ0v) is 11.0. The summed E-state index contributed by atoms with van der Waals surface area (Å²) in [5.74, 6) is 0.0531. The minimum Gasteiger partial charge on any atom is -0.409 e. The molecule has 108 valence electrons. The van der Waals surface area contributed by atoms with Crippen LogP contribution in [0.3, 0.4) is 0 Å². The third kappa shape index (κ3) is 3.81. The van der Waals surface area contributed by atoms with Crippen LogP contribution >= 0.6 is 0 Å². The minimum atomic E-state index is -0.519. The van der Waals surface area contributed by atoms with Crippen molar-refractivity contribution >= 4 is 11.7 Å². The first-order valence-corrected chi connectivity index (χ1v) is 6.69. The van der Waals surface area contributed by atoms with Gasteiger partial charge >= 0.3 is 0 Å². The Hall–Kier alpha value is -1.34. The van der Waals surface area contributed by atoms with Crippen LogP contribution in [-0.4, -0.2) is 60.4 Å². The van der Waals surface area contributed by atoms with Gasteiger partial charge in [-0.25, -0.2) is 0 Å². The molecule has 2 fully saturated rings. The monoisotopic (exact) mass is 271 g/mol. The standard InChI is InChI=1S/C12H21N3O4/c13-12(14-17)10-8-15(4-6-19-10)11(16)7-9-3-1-2-5-18-9/h9-10,17H,1-8H2,(H2,13,14). The molecule has 0 aromatic carbocycles. The van der Waals surface area contributed by atoms with Crippen LogP contribution in [0.25, 0.3) is 0 Å². The molecule has 2 rings (SSSR count). The Bertz CT molecular complexity index is 342. The van der Waals surface area contributed by atoms with Crippen LogP contribution in [0.5, 0.6) is 0 Å². The molecule has 0 saturated carbocycles. The molecule has 1 amide bonds. The van der Waals surface area contributed by atoms with Crippen molar-refractivity contribution in [2.75, 3.05) is 26.3 Å². The van der Waals surface area contributed by atoms with Gasteiger partial charge in [0.2, 0.25) is 5.91 Å². The quantitative estimate of drug-likeness (QED) is 0.324. The molecular weight excluding hydrogens is 250 g/mol. The van der Waals surface area contributed by atoms with Gasteiger partial charge in [-0.05, 0) is 19.3 Å². The Labute approximate surface area is 112 Å². The van der Waals surface area contributed by atoms with E-state index < -0.39 is 6.10 Å². The molecule has 2 aliphatic rings. The Morgan fingerprint density at radius 3 is 2.89 bits per heavy atom. The number of nitrogens with two attached hydrogens (primary N) is 1. The van der Waals surface area contributed by atoms with Crippen molar-refractivity contribution in [3.63, 3.8) is 0 Å². The third-order valence-electron chi connectivity index (χ3n) is 3.54. The third-order valence-corrected chi connectivity index (χ3v) is 3.54. The van der Waals surface area contributed by atoms with Gasteiger partial charge in [0.05, 0.1) is 25.7 Å². The maximum atomic E-state index is 12.2. The largest absolute Gasteiger partial charge is 0.409 e. The first-order chi connectivity index (χ1) is 9.20. The number of carbonyl (C=O) groups excluding carboxylic acids is 1. The number of hydrogen-bond acceptors (Lipinski definition) is 5. The van der Waals surface area contributed by atoms with Crippen molar-refractivity contribution in [2.24, 2.45) is 10.9 Å². The number of rotatable bonds is 3. The molecule has 2 heterocycles. The fourth-order valence-electron chi connectivity index (χ4n) is 2.41. The molecule has 0 radical (unpaired) electrons. The number of carbonyl (C=O) groups is 1. The lowest BCUT2D eigenvalue weighted by molar-refractivity contribution is -0.140. The summed E-state index contributed by atoms with van der Waals surface area (Å²) in [5.41, 5.74) is 5.51. The first-order valence-electron chi connectivity index (χ1n) is 6.69. The summed E-state index contributed by atoms with van der Waals surface area (Å²) in [6, 6.07) is 0. The van der Waals surface area contributed by atoms with E-state index in [-0.39, 0.29) is 17.8 Å².